The smallest absolute Gasteiger partial charge is 0.257 e. The van der Waals surface area contributed by atoms with E-state index in [0.717, 1.165) is 0 Å². The number of nitriles is 1. The average molecular weight is 344 g/mol. The largest absolute Gasteiger partial charge is 0.482 e. The summed E-state index contributed by atoms with van der Waals surface area (Å²) in [6.07, 6.45) is 0. The molecule has 2 aromatic carbocycles. The Morgan fingerprint density at radius 1 is 1.21 bits per heavy atom. The Kier molecular flexibility index (Phi) is 7.12. The number of carbonyl (C=O) groups excluding carboxylic acids is 1. The number of benzene rings is 2. The third kappa shape index (κ3) is 5.60. The number of thioether (sulfide) groups is 1. The second-order valence-electron chi connectivity index (χ2n) is 4.89. The van der Waals surface area contributed by atoms with E-state index >= 15 is 0 Å². The lowest BCUT2D eigenvalue weighted by Gasteiger charge is -2.08. The molecule has 24 heavy (non-hydrogen) atoms. The highest BCUT2D eigenvalue weighted by atomic mass is 32.2. The molecule has 0 spiro atoms. The van der Waals surface area contributed by atoms with Gasteiger partial charge in [-0.05, 0) is 23.8 Å². The minimum atomic E-state index is -0.255. The maximum absolute atomic E-state index is 13.4. The SMILES string of the molecule is N#Cc1ccccc1OCC(=O)NCCSCc1ccccc1F. The lowest BCUT2D eigenvalue weighted by molar-refractivity contribution is -0.122. The molecule has 1 amide bonds. The van der Waals surface area contributed by atoms with E-state index in [1.165, 1.54) is 6.07 Å². The Bertz CT molecular complexity index is 731. The maximum Gasteiger partial charge on any atom is 0.257 e. The van der Waals surface area contributed by atoms with Crippen molar-refractivity contribution in [3.63, 3.8) is 0 Å². The number of rotatable bonds is 8. The van der Waals surface area contributed by atoms with Crippen molar-refractivity contribution in [2.75, 3.05) is 18.9 Å². The van der Waals surface area contributed by atoms with Gasteiger partial charge in [-0.1, -0.05) is 30.3 Å². The predicted octanol–water partition coefficient (Wildman–Crippen LogP) is 3.13. The highest BCUT2D eigenvalue weighted by Crippen LogP contribution is 2.16. The van der Waals surface area contributed by atoms with Crippen LogP contribution in [0.1, 0.15) is 11.1 Å². The molecule has 2 rings (SSSR count). The molecule has 0 aliphatic heterocycles. The van der Waals surface area contributed by atoms with Crippen LogP contribution >= 0.6 is 11.8 Å². The van der Waals surface area contributed by atoms with Crippen LogP contribution in [0.25, 0.3) is 0 Å². The van der Waals surface area contributed by atoms with E-state index in [2.05, 4.69) is 5.32 Å². The molecule has 2 aromatic rings. The fourth-order valence-electron chi connectivity index (χ4n) is 1.94. The minimum absolute atomic E-state index is 0.142. The van der Waals surface area contributed by atoms with Crippen LogP contribution in [-0.2, 0) is 10.5 Å². The molecule has 0 atom stereocenters. The van der Waals surface area contributed by atoms with Crippen LogP contribution in [0.2, 0.25) is 0 Å². The van der Waals surface area contributed by atoms with E-state index in [-0.39, 0.29) is 18.3 Å². The third-order valence-electron chi connectivity index (χ3n) is 3.15. The quantitative estimate of drug-likeness (QED) is 0.748. The lowest BCUT2D eigenvalue weighted by atomic mass is 10.2. The van der Waals surface area contributed by atoms with Gasteiger partial charge < -0.3 is 10.1 Å². The van der Waals surface area contributed by atoms with Gasteiger partial charge in [-0.15, -0.1) is 0 Å². The zero-order valence-corrected chi connectivity index (χ0v) is 13.8. The Hall–Kier alpha value is -2.52. The van der Waals surface area contributed by atoms with E-state index in [4.69, 9.17) is 10.00 Å². The van der Waals surface area contributed by atoms with Crippen molar-refractivity contribution >= 4 is 17.7 Å². The molecule has 0 radical (unpaired) electrons. The van der Waals surface area contributed by atoms with Crippen molar-refractivity contribution < 1.29 is 13.9 Å². The molecule has 0 bridgehead atoms. The third-order valence-corrected chi connectivity index (χ3v) is 4.16. The fourth-order valence-corrected chi connectivity index (χ4v) is 2.78. The van der Waals surface area contributed by atoms with Crippen molar-refractivity contribution in [1.29, 1.82) is 5.26 Å². The van der Waals surface area contributed by atoms with E-state index in [1.54, 1.807) is 54.2 Å². The summed E-state index contributed by atoms with van der Waals surface area (Å²) < 4.78 is 18.8. The summed E-state index contributed by atoms with van der Waals surface area (Å²) >= 11 is 1.54. The monoisotopic (exact) mass is 344 g/mol. The summed E-state index contributed by atoms with van der Waals surface area (Å²) in [5.74, 6) is 1.17. The summed E-state index contributed by atoms with van der Waals surface area (Å²) in [5.41, 5.74) is 1.05. The molecule has 0 aromatic heterocycles. The summed E-state index contributed by atoms with van der Waals surface area (Å²) in [6.45, 7) is 0.331. The Labute approximate surface area is 144 Å². The molecule has 0 aliphatic rings. The van der Waals surface area contributed by atoms with Crippen LogP contribution in [0.3, 0.4) is 0 Å². The highest BCUT2D eigenvalue weighted by molar-refractivity contribution is 7.98. The Balaban J connectivity index is 1.63. The topological polar surface area (TPSA) is 62.1 Å². The molecule has 6 heteroatoms. The number of carbonyl (C=O) groups is 1. The first-order chi connectivity index (χ1) is 11.7. The molecular formula is C18H17FN2O2S. The summed E-state index contributed by atoms with van der Waals surface area (Å²) in [6, 6.07) is 15.4. The Morgan fingerprint density at radius 3 is 2.75 bits per heavy atom. The molecule has 0 fully saturated rings. The molecule has 1 N–H and O–H groups in total. The fraction of sp³-hybridized carbons (Fsp3) is 0.222. The van der Waals surface area contributed by atoms with Gasteiger partial charge in [-0.2, -0.15) is 17.0 Å². The first-order valence-electron chi connectivity index (χ1n) is 7.40. The van der Waals surface area contributed by atoms with Crippen molar-refractivity contribution in [3.05, 3.63) is 65.5 Å². The number of hydrogen-bond donors (Lipinski definition) is 1. The van der Waals surface area contributed by atoms with Gasteiger partial charge in [-0.25, -0.2) is 4.39 Å². The second kappa shape index (κ2) is 9.58. The normalized spacial score (nSPS) is 10.0. The van der Waals surface area contributed by atoms with Crippen molar-refractivity contribution in [2.24, 2.45) is 0 Å². The zero-order valence-electron chi connectivity index (χ0n) is 13.0. The van der Waals surface area contributed by atoms with E-state index < -0.39 is 0 Å². The Morgan fingerprint density at radius 2 is 1.96 bits per heavy atom. The van der Waals surface area contributed by atoms with Gasteiger partial charge in [0, 0.05) is 18.1 Å². The maximum atomic E-state index is 13.4. The standard InChI is InChI=1S/C18H17FN2O2S/c19-16-7-3-1-6-15(16)13-24-10-9-21-18(22)12-23-17-8-4-2-5-14(17)11-20/h1-8H,9-10,12-13H2,(H,21,22). The summed E-state index contributed by atoms with van der Waals surface area (Å²) in [7, 11) is 0. The predicted molar refractivity (Wildman–Crippen MR) is 92.2 cm³/mol. The molecule has 0 saturated heterocycles. The molecule has 0 unspecified atom stereocenters. The molecule has 4 nitrogen and oxygen atoms in total. The minimum Gasteiger partial charge on any atom is -0.482 e. The van der Waals surface area contributed by atoms with Crippen LogP contribution in [0, 0.1) is 17.1 Å². The first-order valence-corrected chi connectivity index (χ1v) is 8.56. The van der Waals surface area contributed by atoms with Gasteiger partial charge >= 0.3 is 0 Å². The average Bonchev–Trinajstić information content (AvgIpc) is 2.61. The van der Waals surface area contributed by atoms with E-state index in [9.17, 15) is 9.18 Å². The van der Waals surface area contributed by atoms with Crippen LogP contribution in [0.5, 0.6) is 5.75 Å². The highest BCUT2D eigenvalue weighted by Gasteiger charge is 2.06. The number of nitrogens with one attached hydrogen (secondary N) is 1. The molecule has 0 heterocycles. The summed E-state index contributed by atoms with van der Waals surface area (Å²) in [5, 5.41) is 11.7. The lowest BCUT2D eigenvalue weighted by Crippen LogP contribution is -2.30. The van der Waals surface area contributed by atoms with Gasteiger partial charge in [0.15, 0.2) is 6.61 Å². The molecule has 0 aliphatic carbocycles. The van der Waals surface area contributed by atoms with Crippen LogP contribution in [0.4, 0.5) is 4.39 Å². The number of ether oxygens (including phenoxy) is 1. The molecule has 0 saturated carbocycles. The zero-order chi connectivity index (χ0) is 17.2. The number of hydrogen-bond acceptors (Lipinski definition) is 4. The first kappa shape index (κ1) is 17.8. The van der Waals surface area contributed by atoms with E-state index in [0.29, 0.717) is 34.9 Å². The number of para-hydroxylation sites is 1. The van der Waals surface area contributed by atoms with Crippen LogP contribution in [-0.4, -0.2) is 24.8 Å². The van der Waals surface area contributed by atoms with Gasteiger partial charge in [0.1, 0.15) is 17.6 Å². The van der Waals surface area contributed by atoms with Crippen LogP contribution in [0.15, 0.2) is 48.5 Å². The number of amides is 1. The van der Waals surface area contributed by atoms with Gasteiger partial charge in [0.25, 0.3) is 5.91 Å². The number of nitrogens with zero attached hydrogens (tertiary/aromatic N) is 1. The van der Waals surface area contributed by atoms with Crippen molar-refractivity contribution in [3.8, 4) is 11.8 Å². The van der Waals surface area contributed by atoms with Crippen LogP contribution < -0.4 is 10.1 Å². The van der Waals surface area contributed by atoms with Gasteiger partial charge in [0.05, 0.1) is 5.56 Å². The molecular weight excluding hydrogens is 327 g/mol. The molecule has 124 valence electrons. The second-order valence-corrected chi connectivity index (χ2v) is 6.00. The number of halogens is 1. The van der Waals surface area contributed by atoms with E-state index in [1.807, 2.05) is 6.07 Å². The van der Waals surface area contributed by atoms with Gasteiger partial charge in [-0.3, -0.25) is 4.79 Å². The summed E-state index contributed by atoms with van der Waals surface area (Å²) in [4.78, 5) is 11.7. The van der Waals surface area contributed by atoms with Crippen molar-refractivity contribution in [2.45, 2.75) is 5.75 Å². The van der Waals surface area contributed by atoms with Gasteiger partial charge in [0.2, 0.25) is 0 Å². The van der Waals surface area contributed by atoms with Crippen molar-refractivity contribution in [1.82, 2.24) is 5.32 Å².